The van der Waals surface area contributed by atoms with Crippen LogP contribution in [0.2, 0.25) is 0 Å². The molecule has 0 atom stereocenters. The van der Waals surface area contributed by atoms with Gasteiger partial charge in [-0.15, -0.1) is 0 Å². The Labute approximate surface area is 118 Å². The second-order valence-corrected chi connectivity index (χ2v) is 5.47. The van der Waals surface area contributed by atoms with Gasteiger partial charge in [-0.2, -0.15) is 0 Å². The van der Waals surface area contributed by atoms with E-state index in [4.69, 9.17) is 0 Å². The Morgan fingerprint density at radius 2 is 1.89 bits per heavy atom. The van der Waals surface area contributed by atoms with Crippen molar-refractivity contribution >= 4 is 21.8 Å². The average Bonchev–Trinajstić information content (AvgIpc) is 2.36. The number of hydrogen-bond donors (Lipinski definition) is 1. The third kappa shape index (κ3) is 5.21. The number of unbranched alkanes of at least 4 members (excludes halogenated alkanes) is 3. The topological polar surface area (TPSA) is 29.1 Å². The number of halogens is 1. The molecule has 100 valence electrons. The van der Waals surface area contributed by atoms with Crippen LogP contribution in [0, 0.1) is 13.8 Å². The minimum Gasteiger partial charge on any atom is -0.352 e. The van der Waals surface area contributed by atoms with Crippen LogP contribution in [0.1, 0.15) is 47.2 Å². The van der Waals surface area contributed by atoms with Gasteiger partial charge in [0.05, 0.1) is 0 Å². The number of nitrogens with one attached hydrogen (secondary N) is 1. The maximum Gasteiger partial charge on any atom is 0.251 e. The van der Waals surface area contributed by atoms with Gasteiger partial charge in [-0.3, -0.25) is 4.79 Å². The molecule has 1 rings (SSSR count). The van der Waals surface area contributed by atoms with Crippen LogP contribution in [0.3, 0.4) is 0 Å². The van der Waals surface area contributed by atoms with Gasteiger partial charge in [0.25, 0.3) is 5.91 Å². The molecule has 0 heterocycles. The standard InChI is InChI=1S/C15H22BrNO/c1-12-7-8-13(2)14(11-12)15(18)17-10-6-4-3-5-9-16/h7-8,11H,3-6,9-10H2,1-2H3,(H,17,18). The highest BCUT2D eigenvalue weighted by molar-refractivity contribution is 9.09. The van der Waals surface area contributed by atoms with Gasteiger partial charge in [0, 0.05) is 17.4 Å². The van der Waals surface area contributed by atoms with Crippen molar-refractivity contribution in [2.45, 2.75) is 39.5 Å². The molecule has 3 heteroatoms. The highest BCUT2D eigenvalue weighted by Gasteiger charge is 2.07. The van der Waals surface area contributed by atoms with Gasteiger partial charge in [-0.25, -0.2) is 0 Å². The number of alkyl halides is 1. The monoisotopic (exact) mass is 311 g/mol. The van der Waals surface area contributed by atoms with E-state index >= 15 is 0 Å². The zero-order valence-electron chi connectivity index (χ0n) is 11.3. The highest BCUT2D eigenvalue weighted by Crippen LogP contribution is 2.10. The summed E-state index contributed by atoms with van der Waals surface area (Å²) in [5.74, 6) is 0.0525. The minimum atomic E-state index is 0.0525. The molecule has 1 N–H and O–H groups in total. The number of rotatable bonds is 7. The lowest BCUT2D eigenvalue weighted by atomic mass is 10.1. The molecule has 0 aromatic heterocycles. The maximum absolute atomic E-state index is 12.0. The first kappa shape index (κ1) is 15.2. The van der Waals surface area contributed by atoms with E-state index in [0.717, 1.165) is 35.0 Å². The van der Waals surface area contributed by atoms with Crippen molar-refractivity contribution in [1.82, 2.24) is 5.32 Å². The van der Waals surface area contributed by atoms with E-state index in [1.807, 2.05) is 32.0 Å². The molecule has 0 aliphatic rings. The molecule has 0 saturated carbocycles. The molecule has 0 saturated heterocycles. The number of amides is 1. The lowest BCUT2D eigenvalue weighted by Gasteiger charge is -2.08. The Hall–Kier alpha value is -0.830. The van der Waals surface area contributed by atoms with Crippen LogP contribution in [0.4, 0.5) is 0 Å². The second-order valence-electron chi connectivity index (χ2n) is 4.68. The molecule has 2 nitrogen and oxygen atoms in total. The summed E-state index contributed by atoms with van der Waals surface area (Å²) >= 11 is 3.42. The quantitative estimate of drug-likeness (QED) is 0.598. The third-order valence-corrected chi connectivity index (χ3v) is 3.54. The van der Waals surface area contributed by atoms with Crippen molar-refractivity contribution < 1.29 is 4.79 Å². The number of benzene rings is 1. The van der Waals surface area contributed by atoms with Gasteiger partial charge < -0.3 is 5.32 Å². The molecule has 0 fully saturated rings. The molecule has 1 amide bonds. The van der Waals surface area contributed by atoms with Gasteiger partial charge in [0.2, 0.25) is 0 Å². The summed E-state index contributed by atoms with van der Waals surface area (Å²) in [6, 6.07) is 5.99. The van der Waals surface area contributed by atoms with E-state index in [1.54, 1.807) is 0 Å². The smallest absolute Gasteiger partial charge is 0.251 e. The summed E-state index contributed by atoms with van der Waals surface area (Å²) in [7, 11) is 0. The SMILES string of the molecule is Cc1ccc(C)c(C(=O)NCCCCCCBr)c1. The van der Waals surface area contributed by atoms with Crippen LogP contribution in [-0.2, 0) is 0 Å². The Morgan fingerprint density at radius 3 is 2.61 bits per heavy atom. The summed E-state index contributed by atoms with van der Waals surface area (Å²) in [4.78, 5) is 12.0. The fraction of sp³-hybridized carbons (Fsp3) is 0.533. The molecule has 0 aliphatic carbocycles. The van der Waals surface area contributed by atoms with E-state index in [-0.39, 0.29) is 5.91 Å². The molecular formula is C15H22BrNO. The minimum absolute atomic E-state index is 0.0525. The van der Waals surface area contributed by atoms with E-state index in [2.05, 4.69) is 21.2 Å². The predicted octanol–water partition coefficient (Wildman–Crippen LogP) is 3.99. The van der Waals surface area contributed by atoms with Crippen molar-refractivity contribution in [3.63, 3.8) is 0 Å². The predicted molar refractivity (Wildman–Crippen MR) is 80.5 cm³/mol. The van der Waals surface area contributed by atoms with Gasteiger partial charge in [0.1, 0.15) is 0 Å². The number of aryl methyl sites for hydroxylation is 2. The summed E-state index contributed by atoms with van der Waals surface area (Å²) in [5.41, 5.74) is 2.97. The summed E-state index contributed by atoms with van der Waals surface area (Å²) in [5, 5.41) is 4.06. The van der Waals surface area contributed by atoms with Crippen molar-refractivity contribution in [3.8, 4) is 0 Å². The van der Waals surface area contributed by atoms with Crippen molar-refractivity contribution in [1.29, 1.82) is 0 Å². The molecule has 0 spiro atoms. The van der Waals surface area contributed by atoms with Gasteiger partial charge in [0.15, 0.2) is 0 Å². The first-order chi connectivity index (χ1) is 8.65. The first-order valence-electron chi connectivity index (χ1n) is 6.56. The van der Waals surface area contributed by atoms with Gasteiger partial charge >= 0.3 is 0 Å². The Balaban J connectivity index is 2.34. The van der Waals surface area contributed by atoms with Gasteiger partial charge in [-0.1, -0.05) is 46.5 Å². The number of carbonyl (C=O) groups excluding carboxylic acids is 1. The molecule has 0 aliphatic heterocycles. The second kappa shape index (κ2) is 8.30. The lowest BCUT2D eigenvalue weighted by molar-refractivity contribution is 0.0952. The fourth-order valence-corrected chi connectivity index (χ4v) is 2.25. The van der Waals surface area contributed by atoms with Crippen LogP contribution in [0.25, 0.3) is 0 Å². The molecule has 1 aromatic rings. The fourth-order valence-electron chi connectivity index (χ4n) is 1.85. The van der Waals surface area contributed by atoms with Crippen LogP contribution in [0.5, 0.6) is 0 Å². The zero-order chi connectivity index (χ0) is 13.4. The van der Waals surface area contributed by atoms with Crippen LogP contribution in [0.15, 0.2) is 18.2 Å². The molecule has 1 aromatic carbocycles. The van der Waals surface area contributed by atoms with Crippen molar-refractivity contribution in [3.05, 3.63) is 34.9 Å². The number of hydrogen-bond acceptors (Lipinski definition) is 1. The van der Waals surface area contributed by atoms with Crippen LogP contribution < -0.4 is 5.32 Å². The Bertz CT molecular complexity index is 390. The molecule has 0 bridgehead atoms. The molecule has 0 radical (unpaired) electrons. The average molecular weight is 312 g/mol. The van der Waals surface area contributed by atoms with Crippen LogP contribution >= 0.6 is 15.9 Å². The first-order valence-corrected chi connectivity index (χ1v) is 7.68. The van der Waals surface area contributed by atoms with E-state index < -0.39 is 0 Å². The Kier molecular flexibility index (Phi) is 7.02. The summed E-state index contributed by atoms with van der Waals surface area (Å²) in [6.07, 6.45) is 4.68. The lowest BCUT2D eigenvalue weighted by Crippen LogP contribution is -2.25. The highest BCUT2D eigenvalue weighted by atomic mass is 79.9. The molecule has 0 unspecified atom stereocenters. The van der Waals surface area contributed by atoms with E-state index in [0.29, 0.717) is 0 Å². The molecule has 18 heavy (non-hydrogen) atoms. The van der Waals surface area contributed by atoms with Crippen LogP contribution in [-0.4, -0.2) is 17.8 Å². The van der Waals surface area contributed by atoms with E-state index in [1.165, 1.54) is 19.3 Å². The maximum atomic E-state index is 12.0. The summed E-state index contributed by atoms with van der Waals surface area (Å²) in [6.45, 7) is 4.76. The Morgan fingerprint density at radius 1 is 1.17 bits per heavy atom. The van der Waals surface area contributed by atoms with Crippen molar-refractivity contribution in [2.75, 3.05) is 11.9 Å². The number of carbonyl (C=O) groups is 1. The normalized spacial score (nSPS) is 10.4. The van der Waals surface area contributed by atoms with Crippen molar-refractivity contribution in [2.24, 2.45) is 0 Å². The zero-order valence-corrected chi connectivity index (χ0v) is 12.8. The molecular weight excluding hydrogens is 290 g/mol. The largest absolute Gasteiger partial charge is 0.352 e. The van der Waals surface area contributed by atoms with E-state index in [9.17, 15) is 4.79 Å². The third-order valence-electron chi connectivity index (χ3n) is 2.98. The summed E-state index contributed by atoms with van der Waals surface area (Å²) < 4.78 is 0. The van der Waals surface area contributed by atoms with Gasteiger partial charge in [-0.05, 0) is 38.3 Å².